The summed E-state index contributed by atoms with van der Waals surface area (Å²) < 4.78 is 0. The molecule has 2 aromatic rings. The van der Waals surface area contributed by atoms with Crippen LogP contribution in [0.2, 0.25) is 0 Å². The molecule has 0 saturated heterocycles. The Kier molecular flexibility index (Phi) is 2.32. The van der Waals surface area contributed by atoms with Crippen molar-refractivity contribution in [3.8, 4) is 5.75 Å². The molecule has 0 heterocycles. The maximum absolute atomic E-state index is 12.5. The maximum Gasteiger partial charge on any atom is 0.198 e. The van der Waals surface area contributed by atoms with Gasteiger partial charge in [0, 0.05) is 16.7 Å². The minimum Gasteiger partial charge on any atom is -0.507 e. The van der Waals surface area contributed by atoms with Crippen LogP contribution in [0.5, 0.6) is 5.75 Å². The lowest BCUT2D eigenvalue weighted by atomic mass is 9.80. The summed E-state index contributed by atoms with van der Waals surface area (Å²) >= 11 is 0. The van der Waals surface area contributed by atoms with E-state index in [0.29, 0.717) is 11.1 Å². The lowest BCUT2D eigenvalue weighted by molar-refractivity contribution is 0.0975. The Labute approximate surface area is 110 Å². The van der Waals surface area contributed by atoms with E-state index in [1.165, 1.54) is 6.07 Å². The van der Waals surface area contributed by atoms with E-state index in [1.54, 1.807) is 19.1 Å². The summed E-state index contributed by atoms with van der Waals surface area (Å²) in [7, 11) is 0. The molecule has 0 amide bonds. The summed E-state index contributed by atoms with van der Waals surface area (Å²) in [5.41, 5.74) is 2.82. The summed E-state index contributed by atoms with van der Waals surface area (Å²) in [6, 6.07) is 8.26. The monoisotopic (exact) mass is 252 g/mol. The Bertz CT molecular complexity index is 742. The minimum absolute atomic E-state index is 0.119. The van der Waals surface area contributed by atoms with Crippen LogP contribution >= 0.6 is 0 Å². The Morgan fingerprint density at radius 2 is 1.37 bits per heavy atom. The summed E-state index contributed by atoms with van der Waals surface area (Å²) in [4.78, 5) is 25.1. The van der Waals surface area contributed by atoms with Gasteiger partial charge in [0.2, 0.25) is 0 Å². The van der Waals surface area contributed by atoms with Gasteiger partial charge in [0.05, 0.1) is 5.56 Å². The topological polar surface area (TPSA) is 54.4 Å². The summed E-state index contributed by atoms with van der Waals surface area (Å²) in [5, 5.41) is 9.86. The van der Waals surface area contributed by atoms with E-state index in [1.807, 2.05) is 19.1 Å². The van der Waals surface area contributed by atoms with Crippen molar-refractivity contribution in [1.82, 2.24) is 0 Å². The molecule has 0 unspecified atom stereocenters. The third-order valence-electron chi connectivity index (χ3n) is 3.59. The molecule has 1 N–H and O–H groups in total. The van der Waals surface area contributed by atoms with Crippen molar-refractivity contribution in [3.05, 3.63) is 63.7 Å². The lowest BCUT2D eigenvalue weighted by Crippen LogP contribution is -2.23. The number of phenols is 1. The van der Waals surface area contributed by atoms with E-state index in [4.69, 9.17) is 0 Å². The molecule has 0 aromatic heterocycles. The fourth-order valence-corrected chi connectivity index (χ4v) is 2.62. The Morgan fingerprint density at radius 1 is 0.789 bits per heavy atom. The van der Waals surface area contributed by atoms with Gasteiger partial charge in [-0.2, -0.15) is 0 Å². The van der Waals surface area contributed by atoms with Gasteiger partial charge in [0.15, 0.2) is 11.6 Å². The fraction of sp³-hybridized carbons (Fsp3) is 0.125. The van der Waals surface area contributed by atoms with Crippen LogP contribution in [0.3, 0.4) is 0 Å². The number of rotatable bonds is 0. The number of hydrogen-bond donors (Lipinski definition) is 1. The number of aryl methyl sites for hydroxylation is 2. The lowest BCUT2D eigenvalue weighted by Gasteiger charge is -2.21. The number of carbonyl (C=O) groups is 2. The maximum atomic E-state index is 12.5. The molecule has 94 valence electrons. The molecule has 1 aliphatic carbocycles. The second-order valence-corrected chi connectivity index (χ2v) is 4.81. The van der Waals surface area contributed by atoms with E-state index in [2.05, 4.69) is 0 Å². The van der Waals surface area contributed by atoms with Crippen LogP contribution in [0.4, 0.5) is 0 Å². The molecule has 1 aliphatic rings. The van der Waals surface area contributed by atoms with E-state index in [-0.39, 0.29) is 28.4 Å². The van der Waals surface area contributed by atoms with Crippen LogP contribution in [0.25, 0.3) is 0 Å². The first-order valence-corrected chi connectivity index (χ1v) is 6.04. The molecular formula is C16H12O3. The number of hydrogen-bond acceptors (Lipinski definition) is 3. The molecule has 3 rings (SSSR count). The number of phenolic OH excluding ortho intramolecular Hbond substituents is 1. The Balaban J connectivity index is 2.43. The van der Waals surface area contributed by atoms with Gasteiger partial charge >= 0.3 is 0 Å². The first kappa shape index (κ1) is 11.7. The third-order valence-corrected chi connectivity index (χ3v) is 3.59. The molecule has 0 fully saturated rings. The van der Waals surface area contributed by atoms with E-state index in [9.17, 15) is 14.7 Å². The molecule has 3 nitrogen and oxygen atoms in total. The smallest absolute Gasteiger partial charge is 0.198 e. The Morgan fingerprint density at radius 3 is 2.00 bits per heavy atom. The number of benzene rings is 2. The van der Waals surface area contributed by atoms with Crippen molar-refractivity contribution < 1.29 is 14.7 Å². The second kappa shape index (κ2) is 3.79. The molecular weight excluding hydrogens is 240 g/mol. The highest BCUT2D eigenvalue weighted by atomic mass is 16.3. The molecule has 19 heavy (non-hydrogen) atoms. The summed E-state index contributed by atoms with van der Waals surface area (Å²) in [5.74, 6) is -0.604. The van der Waals surface area contributed by atoms with Gasteiger partial charge in [-0.1, -0.05) is 24.3 Å². The van der Waals surface area contributed by atoms with Crippen molar-refractivity contribution >= 4 is 11.6 Å². The second-order valence-electron chi connectivity index (χ2n) is 4.81. The molecule has 3 heteroatoms. The largest absolute Gasteiger partial charge is 0.507 e. The highest BCUT2D eigenvalue weighted by Gasteiger charge is 2.33. The van der Waals surface area contributed by atoms with Crippen LogP contribution < -0.4 is 0 Å². The van der Waals surface area contributed by atoms with Crippen LogP contribution in [-0.4, -0.2) is 16.7 Å². The molecule has 0 bridgehead atoms. The van der Waals surface area contributed by atoms with Crippen molar-refractivity contribution in [3.63, 3.8) is 0 Å². The number of ketones is 2. The van der Waals surface area contributed by atoms with E-state index in [0.717, 1.165) is 11.1 Å². The molecule has 0 saturated carbocycles. The summed E-state index contributed by atoms with van der Waals surface area (Å²) in [6.07, 6.45) is 0. The van der Waals surface area contributed by atoms with Crippen molar-refractivity contribution in [2.45, 2.75) is 13.8 Å². The molecule has 0 atom stereocenters. The third kappa shape index (κ3) is 1.45. The average molecular weight is 252 g/mol. The highest BCUT2D eigenvalue weighted by molar-refractivity contribution is 6.30. The molecule has 0 spiro atoms. The average Bonchev–Trinajstić information content (AvgIpc) is 2.38. The van der Waals surface area contributed by atoms with Gasteiger partial charge in [-0.15, -0.1) is 0 Å². The fourth-order valence-electron chi connectivity index (χ4n) is 2.62. The van der Waals surface area contributed by atoms with Gasteiger partial charge in [0.25, 0.3) is 0 Å². The van der Waals surface area contributed by atoms with Crippen LogP contribution in [0.1, 0.15) is 43.0 Å². The van der Waals surface area contributed by atoms with Crippen molar-refractivity contribution in [1.29, 1.82) is 0 Å². The molecule has 0 radical (unpaired) electrons. The number of carbonyl (C=O) groups excluding carboxylic acids is 2. The minimum atomic E-state index is -0.274. The van der Waals surface area contributed by atoms with E-state index < -0.39 is 0 Å². The zero-order chi connectivity index (χ0) is 13.7. The Hall–Kier alpha value is -2.42. The van der Waals surface area contributed by atoms with Gasteiger partial charge in [-0.25, -0.2) is 0 Å². The predicted molar refractivity (Wildman–Crippen MR) is 70.9 cm³/mol. The number of fused-ring (bicyclic) bond motifs is 2. The zero-order valence-electron chi connectivity index (χ0n) is 10.7. The van der Waals surface area contributed by atoms with Gasteiger partial charge in [-0.3, -0.25) is 9.59 Å². The van der Waals surface area contributed by atoms with E-state index >= 15 is 0 Å². The normalized spacial score (nSPS) is 13.2. The van der Waals surface area contributed by atoms with Gasteiger partial charge in [0.1, 0.15) is 5.75 Å². The number of aromatic hydroxyl groups is 1. The first-order valence-electron chi connectivity index (χ1n) is 6.04. The highest BCUT2D eigenvalue weighted by Crippen LogP contribution is 2.35. The van der Waals surface area contributed by atoms with Gasteiger partial charge < -0.3 is 5.11 Å². The standard InChI is InChI=1S/C16H12O3/c1-8-6-7-9(2)13-12(8)15(18)10-4-3-5-11(17)14(10)16(13)19/h3-7,17H,1-2H3. The first-order chi connectivity index (χ1) is 9.02. The summed E-state index contributed by atoms with van der Waals surface area (Å²) in [6.45, 7) is 3.62. The SMILES string of the molecule is Cc1ccc(C)c2c1C(=O)c1cccc(O)c1C2=O. The van der Waals surface area contributed by atoms with Crippen molar-refractivity contribution in [2.75, 3.05) is 0 Å². The van der Waals surface area contributed by atoms with Crippen molar-refractivity contribution in [2.24, 2.45) is 0 Å². The van der Waals surface area contributed by atoms with Gasteiger partial charge in [-0.05, 0) is 31.0 Å². The van der Waals surface area contributed by atoms with Crippen LogP contribution in [0.15, 0.2) is 30.3 Å². The van der Waals surface area contributed by atoms with Crippen LogP contribution in [-0.2, 0) is 0 Å². The zero-order valence-corrected chi connectivity index (χ0v) is 10.7. The predicted octanol–water partition coefficient (Wildman–Crippen LogP) is 2.78. The molecule has 2 aromatic carbocycles. The molecule has 0 aliphatic heterocycles. The van der Waals surface area contributed by atoms with Crippen LogP contribution in [0, 0.1) is 13.8 Å². The quantitative estimate of drug-likeness (QED) is 0.669.